The smallest absolute Gasteiger partial charge is 0.123 e. The summed E-state index contributed by atoms with van der Waals surface area (Å²) in [5.74, 6) is 0.602. The summed E-state index contributed by atoms with van der Waals surface area (Å²) in [7, 11) is 0. The summed E-state index contributed by atoms with van der Waals surface area (Å²) in [6.07, 6.45) is 6.52. The highest BCUT2D eigenvalue weighted by Crippen LogP contribution is 2.33. The van der Waals surface area contributed by atoms with Gasteiger partial charge in [-0.25, -0.2) is 4.39 Å². The fraction of sp³-hybridized carbons (Fsp3) is 0.647. The minimum absolute atomic E-state index is 0.142. The third-order valence-corrected chi connectivity index (χ3v) is 5.00. The Balaban J connectivity index is 1.64. The van der Waals surface area contributed by atoms with Crippen LogP contribution in [0.15, 0.2) is 24.3 Å². The molecule has 4 unspecified atom stereocenters. The summed E-state index contributed by atoms with van der Waals surface area (Å²) >= 11 is 0. The van der Waals surface area contributed by atoms with Crippen molar-refractivity contribution in [1.82, 2.24) is 10.6 Å². The van der Waals surface area contributed by atoms with E-state index in [1.807, 2.05) is 6.07 Å². The molecule has 1 heterocycles. The Labute approximate surface area is 121 Å². The topological polar surface area (TPSA) is 24.1 Å². The average molecular weight is 276 g/mol. The van der Waals surface area contributed by atoms with Gasteiger partial charge in [-0.05, 0) is 62.8 Å². The fourth-order valence-electron chi connectivity index (χ4n) is 3.95. The van der Waals surface area contributed by atoms with Crippen LogP contribution in [0, 0.1) is 11.7 Å². The lowest BCUT2D eigenvalue weighted by Crippen LogP contribution is -2.42. The highest BCUT2D eigenvalue weighted by Gasteiger charge is 2.35. The molecule has 2 aliphatic rings. The van der Waals surface area contributed by atoms with Gasteiger partial charge in [0.05, 0.1) is 0 Å². The van der Waals surface area contributed by atoms with E-state index in [-0.39, 0.29) is 11.9 Å². The lowest BCUT2D eigenvalue weighted by molar-refractivity contribution is 0.303. The Hall–Kier alpha value is -0.930. The van der Waals surface area contributed by atoms with E-state index in [0.717, 1.165) is 11.5 Å². The van der Waals surface area contributed by atoms with Crippen LogP contribution in [0.2, 0.25) is 0 Å². The van der Waals surface area contributed by atoms with Crippen molar-refractivity contribution in [2.75, 3.05) is 6.54 Å². The van der Waals surface area contributed by atoms with Crippen molar-refractivity contribution in [2.24, 2.45) is 5.92 Å². The van der Waals surface area contributed by atoms with E-state index >= 15 is 0 Å². The van der Waals surface area contributed by atoms with Crippen LogP contribution in [-0.2, 0) is 0 Å². The van der Waals surface area contributed by atoms with Gasteiger partial charge in [0.1, 0.15) is 5.82 Å². The second-order valence-electron chi connectivity index (χ2n) is 6.35. The van der Waals surface area contributed by atoms with Gasteiger partial charge >= 0.3 is 0 Å². The van der Waals surface area contributed by atoms with Crippen molar-refractivity contribution in [3.63, 3.8) is 0 Å². The number of rotatable bonds is 4. The monoisotopic (exact) mass is 276 g/mol. The highest BCUT2D eigenvalue weighted by atomic mass is 19.1. The van der Waals surface area contributed by atoms with Crippen LogP contribution in [0.5, 0.6) is 0 Å². The van der Waals surface area contributed by atoms with Gasteiger partial charge in [-0.3, -0.25) is 0 Å². The summed E-state index contributed by atoms with van der Waals surface area (Å²) in [4.78, 5) is 0. The Morgan fingerprint density at radius 2 is 2.15 bits per heavy atom. The van der Waals surface area contributed by atoms with Crippen molar-refractivity contribution < 1.29 is 4.39 Å². The van der Waals surface area contributed by atoms with Crippen molar-refractivity contribution in [3.05, 3.63) is 35.6 Å². The molecule has 2 fully saturated rings. The second-order valence-corrected chi connectivity index (χ2v) is 6.35. The molecule has 4 atom stereocenters. The quantitative estimate of drug-likeness (QED) is 0.881. The van der Waals surface area contributed by atoms with Crippen LogP contribution in [0.1, 0.15) is 50.6 Å². The first-order valence-electron chi connectivity index (χ1n) is 7.99. The summed E-state index contributed by atoms with van der Waals surface area (Å²) in [6, 6.07) is 8.45. The molecule has 0 amide bonds. The van der Waals surface area contributed by atoms with Gasteiger partial charge in [-0.1, -0.05) is 18.6 Å². The summed E-state index contributed by atoms with van der Waals surface area (Å²) in [5, 5.41) is 7.39. The SMILES string of the molecule is CC(NC1CCCC1C1CCCN1)c1cccc(F)c1. The van der Waals surface area contributed by atoms with Crippen molar-refractivity contribution in [3.8, 4) is 0 Å². The molecule has 0 bridgehead atoms. The van der Waals surface area contributed by atoms with E-state index in [9.17, 15) is 4.39 Å². The largest absolute Gasteiger partial charge is 0.314 e. The molecule has 2 nitrogen and oxygen atoms in total. The van der Waals surface area contributed by atoms with Crippen molar-refractivity contribution in [1.29, 1.82) is 0 Å². The number of benzene rings is 1. The Morgan fingerprint density at radius 1 is 1.25 bits per heavy atom. The maximum atomic E-state index is 13.3. The van der Waals surface area contributed by atoms with E-state index in [0.29, 0.717) is 12.1 Å². The van der Waals surface area contributed by atoms with Crippen LogP contribution in [0.3, 0.4) is 0 Å². The second kappa shape index (κ2) is 6.23. The molecule has 2 N–H and O–H groups in total. The molecule has 20 heavy (non-hydrogen) atoms. The fourth-order valence-corrected chi connectivity index (χ4v) is 3.95. The molecule has 1 aromatic carbocycles. The van der Waals surface area contributed by atoms with E-state index < -0.39 is 0 Å². The third kappa shape index (κ3) is 3.04. The molecule has 0 aromatic heterocycles. The molecule has 3 heteroatoms. The molecule has 1 aliphatic heterocycles. The Morgan fingerprint density at radius 3 is 2.90 bits per heavy atom. The van der Waals surface area contributed by atoms with Crippen LogP contribution < -0.4 is 10.6 Å². The van der Waals surface area contributed by atoms with Crippen molar-refractivity contribution in [2.45, 2.75) is 57.2 Å². The zero-order valence-electron chi connectivity index (χ0n) is 12.2. The van der Waals surface area contributed by atoms with E-state index in [4.69, 9.17) is 0 Å². The van der Waals surface area contributed by atoms with Crippen LogP contribution in [0.25, 0.3) is 0 Å². The van der Waals surface area contributed by atoms with E-state index in [1.165, 1.54) is 44.7 Å². The molecule has 1 aromatic rings. The lowest BCUT2D eigenvalue weighted by Gasteiger charge is -2.29. The molecule has 1 saturated heterocycles. The maximum Gasteiger partial charge on any atom is 0.123 e. The summed E-state index contributed by atoms with van der Waals surface area (Å²) < 4.78 is 13.3. The predicted molar refractivity (Wildman–Crippen MR) is 80.1 cm³/mol. The van der Waals surface area contributed by atoms with Gasteiger partial charge in [0.15, 0.2) is 0 Å². The molecule has 1 aliphatic carbocycles. The Kier molecular flexibility index (Phi) is 4.37. The van der Waals surface area contributed by atoms with Gasteiger partial charge in [0, 0.05) is 18.1 Å². The molecular weight excluding hydrogens is 251 g/mol. The first-order chi connectivity index (χ1) is 9.74. The first-order valence-corrected chi connectivity index (χ1v) is 7.99. The lowest BCUT2D eigenvalue weighted by atomic mass is 9.92. The molecule has 110 valence electrons. The molecule has 3 rings (SSSR count). The minimum Gasteiger partial charge on any atom is -0.314 e. The zero-order chi connectivity index (χ0) is 13.9. The molecular formula is C17H25FN2. The Bertz CT molecular complexity index is 442. The zero-order valence-corrected chi connectivity index (χ0v) is 12.2. The normalized spacial score (nSPS) is 31.6. The number of hydrogen-bond donors (Lipinski definition) is 2. The van der Waals surface area contributed by atoms with Gasteiger partial charge < -0.3 is 10.6 Å². The number of nitrogens with one attached hydrogen (secondary N) is 2. The third-order valence-electron chi connectivity index (χ3n) is 5.00. The van der Waals surface area contributed by atoms with Crippen molar-refractivity contribution >= 4 is 0 Å². The van der Waals surface area contributed by atoms with Crippen LogP contribution in [0.4, 0.5) is 4.39 Å². The summed E-state index contributed by atoms with van der Waals surface area (Å²) in [6.45, 7) is 3.32. The maximum absolute atomic E-state index is 13.3. The predicted octanol–water partition coefficient (Wildman–Crippen LogP) is 3.40. The van der Waals surface area contributed by atoms with Gasteiger partial charge in [-0.2, -0.15) is 0 Å². The van der Waals surface area contributed by atoms with E-state index in [2.05, 4.69) is 17.6 Å². The standard InChI is InChI=1S/C17H25FN2/c1-12(13-5-2-6-14(18)11-13)20-17-8-3-7-15(17)16-9-4-10-19-16/h2,5-6,11-12,15-17,19-20H,3-4,7-10H2,1H3. The average Bonchev–Trinajstić information content (AvgIpc) is 3.08. The molecule has 0 radical (unpaired) electrons. The van der Waals surface area contributed by atoms with Gasteiger partial charge in [-0.15, -0.1) is 0 Å². The highest BCUT2D eigenvalue weighted by molar-refractivity contribution is 5.19. The summed E-state index contributed by atoms with van der Waals surface area (Å²) in [5.41, 5.74) is 1.05. The number of hydrogen-bond acceptors (Lipinski definition) is 2. The number of halogens is 1. The van der Waals surface area contributed by atoms with Crippen LogP contribution in [-0.4, -0.2) is 18.6 Å². The van der Waals surface area contributed by atoms with Gasteiger partial charge in [0.2, 0.25) is 0 Å². The van der Waals surface area contributed by atoms with Crippen LogP contribution >= 0.6 is 0 Å². The van der Waals surface area contributed by atoms with Gasteiger partial charge in [0.25, 0.3) is 0 Å². The van der Waals surface area contributed by atoms with E-state index in [1.54, 1.807) is 12.1 Å². The minimum atomic E-state index is -0.142. The molecule has 1 saturated carbocycles. The molecule has 0 spiro atoms. The first kappa shape index (κ1) is 14.0.